The smallest absolute Gasteiger partial charge is 0.239 e. The summed E-state index contributed by atoms with van der Waals surface area (Å²) in [5.41, 5.74) is 7.19. The van der Waals surface area contributed by atoms with Gasteiger partial charge in [-0.05, 0) is 40.0 Å². The molecule has 0 aromatic heterocycles. The predicted molar refractivity (Wildman–Crippen MR) is 86.4 cm³/mol. The van der Waals surface area contributed by atoms with Crippen LogP contribution in [0.15, 0.2) is 22.7 Å². The molecule has 6 heteroatoms. The first-order valence-corrected chi connectivity index (χ1v) is 7.20. The summed E-state index contributed by atoms with van der Waals surface area (Å²) >= 11 is 8.32. The molecule has 1 rings (SSSR count). The first kappa shape index (κ1) is 15.9. The predicted octanol–water partition coefficient (Wildman–Crippen LogP) is 2.27. The van der Waals surface area contributed by atoms with Crippen LogP contribution >= 0.6 is 28.1 Å². The molecule has 1 amide bonds. The van der Waals surface area contributed by atoms with Crippen LogP contribution in [0.3, 0.4) is 0 Å². The Morgan fingerprint density at radius 2 is 2.16 bits per heavy atom. The molecule has 0 atom stereocenters. The van der Waals surface area contributed by atoms with E-state index in [0.717, 1.165) is 15.7 Å². The first-order valence-electron chi connectivity index (χ1n) is 6.00. The van der Waals surface area contributed by atoms with Crippen LogP contribution in [0.4, 0.5) is 5.69 Å². The Hall–Kier alpha value is -1.14. The molecule has 104 valence electrons. The van der Waals surface area contributed by atoms with Crippen LogP contribution in [0.5, 0.6) is 0 Å². The van der Waals surface area contributed by atoms with Gasteiger partial charge in [-0.2, -0.15) is 0 Å². The van der Waals surface area contributed by atoms with Gasteiger partial charge in [-0.1, -0.05) is 26.1 Å². The molecule has 0 saturated carbocycles. The lowest BCUT2D eigenvalue weighted by Gasteiger charge is -2.10. The molecule has 4 N–H and O–H groups in total. The fourth-order valence-corrected chi connectivity index (χ4v) is 2.29. The lowest BCUT2D eigenvalue weighted by Crippen LogP contribution is -2.32. The molecule has 4 nitrogen and oxygen atoms in total. The van der Waals surface area contributed by atoms with Crippen molar-refractivity contribution < 1.29 is 4.79 Å². The van der Waals surface area contributed by atoms with E-state index in [-0.39, 0.29) is 12.5 Å². The summed E-state index contributed by atoms with van der Waals surface area (Å²) < 4.78 is 0.813. The van der Waals surface area contributed by atoms with E-state index < -0.39 is 0 Å². The third-order valence-electron chi connectivity index (χ3n) is 2.40. The maximum Gasteiger partial charge on any atom is 0.239 e. The van der Waals surface area contributed by atoms with Crippen molar-refractivity contribution in [3.05, 3.63) is 28.2 Å². The minimum absolute atomic E-state index is 0.0248. The van der Waals surface area contributed by atoms with Crippen molar-refractivity contribution in [2.45, 2.75) is 13.8 Å². The Morgan fingerprint density at radius 3 is 2.68 bits per heavy atom. The number of anilines is 1. The van der Waals surface area contributed by atoms with Crippen LogP contribution in [0.25, 0.3) is 0 Å². The normalized spacial score (nSPS) is 10.3. The largest absolute Gasteiger partial charge is 0.389 e. The topological polar surface area (TPSA) is 67.2 Å². The molecule has 0 saturated heterocycles. The highest BCUT2D eigenvalue weighted by molar-refractivity contribution is 9.10. The molecule has 0 spiro atoms. The molecule has 0 heterocycles. The zero-order valence-corrected chi connectivity index (χ0v) is 13.4. The van der Waals surface area contributed by atoms with Gasteiger partial charge < -0.3 is 16.4 Å². The number of hydrogen-bond acceptors (Lipinski definition) is 3. The fourth-order valence-electron chi connectivity index (χ4n) is 1.39. The Morgan fingerprint density at radius 1 is 1.47 bits per heavy atom. The number of carbonyl (C=O) groups excluding carboxylic acids is 1. The molecular weight excluding hydrogens is 326 g/mol. The second kappa shape index (κ2) is 7.45. The number of halogens is 1. The quantitative estimate of drug-likeness (QED) is 0.693. The number of nitrogens with two attached hydrogens (primary N) is 1. The summed E-state index contributed by atoms with van der Waals surface area (Å²) in [5, 5.41) is 5.89. The first-order chi connectivity index (χ1) is 8.90. The van der Waals surface area contributed by atoms with Crippen molar-refractivity contribution in [3.8, 4) is 0 Å². The van der Waals surface area contributed by atoms with Crippen molar-refractivity contribution in [2.75, 3.05) is 18.4 Å². The SMILES string of the molecule is CC(C)CNC(=O)CNc1ccc(C(N)=S)c(Br)c1. The minimum Gasteiger partial charge on any atom is -0.389 e. The third-order valence-corrected chi connectivity index (χ3v) is 3.27. The van der Waals surface area contributed by atoms with Crippen LogP contribution < -0.4 is 16.4 Å². The average Bonchev–Trinajstić information content (AvgIpc) is 2.33. The van der Waals surface area contributed by atoms with Crippen molar-refractivity contribution >= 4 is 44.7 Å². The van der Waals surface area contributed by atoms with E-state index in [1.807, 2.05) is 18.2 Å². The van der Waals surface area contributed by atoms with E-state index in [1.54, 1.807) is 0 Å². The molecule has 0 fully saturated rings. The van der Waals surface area contributed by atoms with Crippen LogP contribution in [-0.2, 0) is 4.79 Å². The van der Waals surface area contributed by atoms with Gasteiger partial charge in [0.25, 0.3) is 0 Å². The Labute approximate surface area is 127 Å². The average molecular weight is 344 g/mol. The van der Waals surface area contributed by atoms with Gasteiger partial charge in [0.1, 0.15) is 4.99 Å². The third kappa shape index (κ3) is 5.57. The minimum atomic E-state index is -0.0248. The number of carbonyl (C=O) groups is 1. The van der Waals surface area contributed by atoms with Gasteiger partial charge in [-0.15, -0.1) is 0 Å². The van der Waals surface area contributed by atoms with E-state index in [4.69, 9.17) is 18.0 Å². The summed E-state index contributed by atoms with van der Waals surface area (Å²) in [7, 11) is 0. The van der Waals surface area contributed by atoms with Gasteiger partial charge in [-0.3, -0.25) is 4.79 Å². The summed E-state index contributed by atoms with van der Waals surface area (Å²) in [4.78, 5) is 11.9. The monoisotopic (exact) mass is 343 g/mol. The maximum atomic E-state index is 11.6. The Kier molecular flexibility index (Phi) is 6.24. The number of benzene rings is 1. The second-order valence-corrected chi connectivity index (χ2v) is 5.90. The number of nitrogens with one attached hydrogen (secondary N) is 2. The van der Waals surface area contributed by atoms with E-state index in [9.17, 15) is 4.79 Å². The lowest BCUT2D eigenvalue weighted by molar-refractivity contribution is -0.119. The molecule has 1 aromatic carbocycles. The van der Waals surface area contributed by atoms with Crippen LogP contribution in [0.2, 0.25) is 0 Å². The van der Waals surface area contributed by atoms with Gasteiger partial charge in [-0.25, -0.2) is 0 Å². The highest BCUT2D eigenvalue weighted by atomic mass is 79.9. The van der Waals surface area contributed by atoms with Gasteiger partial charge >= 0.3 is 0 Å². The number of rotatable bonds is 6. The van der Waals surface area contributed by atoms with Crippen molar-refractivity contribution in [2.24, 2.45) is 11.7 Å². The highest BCUT2D eigenvalue weighted by Crippen LogP contribution is 2.21. The van der Waals surface area contributed by atoms with Crippen LogP contribution in [-0.4, -0.2) is 24.0 Å². The van der Waals surface area contributed by atoms with Gasteiger partial charge in [0, 0.05) is 22.3 Å². The van der Waals surface area contributed by atoms with Crippen molar-refractivity contribution in [1.82, 2.24) is 5.32 Å². The van der Waals surface area contributed by atoms with E-state index in [0.29, 0.717) is 17.5 Å². The second-order valence-electron chi connectivity index (χ2n) is 4.61. The van der Waals surface area contributed by atoms with Gasteiger partial charge in [0.2, 0.25) is 5.91 Å². The molecule has 0 bridgehead atoms. The zero-order chi connectivity index (χ0) is 14.4. The van der Waals surface area contributed by atoms with Gasteiger partial charge in [0.15, 0.2) is 0 Å². The number of amides is 1. The lowest BCUT2D eigenvalue weighted by atomic mass is 10.2. The molecule has 0 aliphatic carbocycles. The number of thiocarbonyl (C=S) groups is 1. The van der Waals surface area contributed by atoms with Crippen LogP contribution in [0.1, 0.15) is 19.4 Å². The van der Waals surface area contributed by atoms with Crippen molar-refractivity contribution in [1.29, 1.82) is 0 Å². The molecule has 0 aliphatic heterocycles. The molecule has 1 aromatic rings. The summed E-state index contributed by atoms with van der Waals surface area (Å²) in [6, 6.07) is 5.51. The molecule has 0 aliphatic rings. The van der Waals surface area contributed by atoms with Gasteiger partial charge in [0.05, 0.1) is 6.54 Å². The van der Waals surface area contributed by atoms with Crippen LogP contribution in [0, 0.1) is 5.92 Å². The standard InChI is InChI=1S/C13H18BrN3OS/c1-8(2)6-17-12(18)7-16-9-3-4-10(13(15)19)11(14)5-9/h3-5,8,16H,6-7H2,1-2H3,(H2,15,19)(H,17,18). The highest BCUT2D eigenvalue weighted by Gasteiger charge is 2.05. The van der Waals surface area contributed by atoms with Crippen molar-refractivity contribution in [3.63, 3.8) is 0 Å². The summed E-state index contributed by atoms with van der Waals surface area (Å²) in [6.45, 7) is 5.04. The van der Waals surface area contributed by atoms with E-state index in [2.05, 4.69) is 40.4 Å². The molecule has 0 radical (unpaired) electrons. The fraction of sp³-hybridized carbons (Fsp3) is 0.385. The Bertz CT molecular complexity index is 477. The summed E-state index contributed by atoms with van der Waals surface area (Å²) in [6.07, 6.45) is 0. The molecule has 19 heavy (non-hydrogen) atoms. The zero-order valence-electron chi connectivity index (χ0n) is 11.0. The van der Waals surface area contributed by atoms with E-state index in [1.165, 1.54) is 0 Å². The molecular formula is C13H18BrN3OS. The number of hydrogen-bond donors (Lipinski definition) is 3. The maximum absolute atomic E-state index is 11.6. The molecule has 0 unspecified atom stereocenters. The summed E-state index contributed by atoms with van der Waals surface area (Å²) in [5.74, 6) is 0.422. The van der Waals surface area contributed by atoms with E-state index >= 15 is 0 Å². The Balaban J connectivity index is 2.52.